The molecule has 32 heavy (non-hydrogen) atoms. The van der Waals surface area contributed by atoms with Crippen LogP contribution in [0.1, 0.15) is 13.8 Å². The van der Waals surface area contributed by atoms with Crippen molar-refractivity contribution in [2.24, 2.45) is 0 Å². The van der Waals surface area contributed by atoms with Gasteiger partial charge in [-0.05, 0) is 38.1 Å². The molecule has 2 aromatic carbocycles. The standard InChI is InChI=1S/C22H25ClN4O4S/c1-5-27-21(14-7-9-15(10-8-14)31-6-2)25-26-22(27)32-13-20(28)24-17-12-18(29-3)16(23)11-19(17)30-4/h7-12H,5-6,13H2,1-4H3,(H,24,28). The number of aromatic nitrogens is 3. The number of carbonyl (C=O) groups excluding carboxylic acids is 1. The van der Waals surface area contributed by atoms with E-state index in [1.54, 1.807) is 12.1 Å². The number of carbonyl (C=O) groups is 1. The van der Waals surface area contributed by atoms with E-state index in [1.165, 1.54) is 26.0 Å². The summed E-state index contributed by atoms with van der Waals surface area (Å²) in [5.74, 6) is 2.37. The van der Waals surface area contributed by atoms with Crippen LogP contribution in [0.15, 0.2) is 41.6 Å². The molecule has 0 aliphatic rings. The molecule has 3 rings (SSSR count). The van der Waals surface area contributed by atoms with Gasteiger partial charge in [0, 0.05) is 24.2 Å². The van der Waals surface area contributed by atoms with E-state index < -0.39 is 0 Å². The predicted molar refractivity (Wildman–Crippen MR) is 126 cm³/mol. The van der Waals surface area contributed by atoms with Crippen LogP contribution in [0.25, 0.3) is 11.4 Å². The Kier molecular flexibility index (Phi) is 8.24. The predicted octanol–water partition coefficient (Wildman–Crippen LogP) is 4.77. The monoisotopic (exact) mass is 476 g/mol. The zero-order chi connectivity index (χ0) is 23.1. The molecule has 0 saturated carbocycles. The number of hydrogen-bond acceptors (Lipinski definition) is 7. The van der Waals surface area contributed by atoms with Crippen molar-refractivity contribution in [1.29, 1.82) is 0 Å². The number of ether oxygens (including phenoxy) is 3. The topological polar surface area (TPSA) is 87.5 Å². The quantitative estimate of drug-likeness (QED) is 0.422. The molecule has 0 atom stereocenters. The summed E-state index contributed by atoms with van der Waals surface area (Å²) >= 11 is 7.43. The van der Waals surface area contributed by atoms with Crippen molar-refractivity contribution in [3.63, 3.8) is 0 Å². The zero-order valence-electron chi connectivity index (χ0n) is 18.3. The fourth-order valence-electron chi connectivity index (χ4n) is 3.04. The van der Waals surface area contributed by atoms with Crippen LogP contribution >= 0.6 is 23.4 Å². The molecule has 1 aromatic heterocycles. The summed E-state index contributed by atoms with van der Waals surface area (Å²) in [7, 11) is 3.02. The van der Waals surface area contributed by atoms with Gasteiger partial charge in [0.2, 0.25) is 5.91 Å². The lowest BCUT2D eigenvalue weighted by atomic mass is 10.2. The Morgan fingerprint density at radius 1 is 1.09 bits per heavy atom. The van der Waals surface area contributed by atoms with Gasteiger partial charge in [-0.25, -0.2) is 0 Å². The zero-order valence-corrected chi connectivity index (χ0v) is 19.9. The number of anilines is 1. The second kappa shape index (κ2) is 11.1. The number of hydrogen-bond donors (Lipinski definition) is 1. The largest absolute Gasteiger partial charge is 0.495 e. The van der Waals surface area contributed by atoms with Gasteiger partial charge in [-0.15, -0.1) is 10.2 Å². The van der Waals surface area contributed by atoms with E-state index in [1.807, 2.05) is 42.7 Å². The molecule has 0 bridgehead atoms. The smallest absolute Gasteiger partial charge is 0.234 e. The third-order valence-electron chi connectivity index (χ3n) is 4.54. The van der Waals surface area contributed by atoms with Crippen molar-refractivity contribution in [2.45, 2.75) is 25.5 Å². The molecule has 0 aliphatic heterocycles. The lowest BCUT2D eigenvalue weighted by Crippen LogP contribution is -2.15. The van der Waals surface area contributed by atoms with Gasteiger partial charge in [0.05, 0.1) is 37.3 Å². The van der Waals surface area contributed by atoms with Crippen LogP contribution in [0, 0.1) is 0 Å². The first-order valence-corrected chi connectivity index (χ1v) is 11.4. The van der Waals surface area contributed by atoms with E-state index in [9.17, 15) is 4.79 Å². The minimum absolute atomic E-state index is 0.148. The first kappa shape index (κ1) is 23.7. The molecular weight excluding hydrogens is 452 g/mol. The summed E-state index contributed by atoms with van der Waals surface area (Å²) in [5.41, 5.74) is 1.41. The molecule has 0 fully saturated rings. The molecule has 0 aliphatic carbocycles. The average Bonchev–Trinajstić information content (AvgIpc) is 3.22. The highest BCUT2D eigenvalue weighted by Gasteiger charge is 2.17. The van der Waals surface area contributed by atoms with Gasteiger partial charge in [-0.1, -0.05) is 23.4 Å². The Morgan fingerprint density at radius 2 is 1.81 bits per heavy atom. The fraction of sp³-hybridized carbons (Fsp3) is 0.318. The number of amides is 1. The lowest BCUT2D eigenvalue weighted by Gasteiger charge is -2.13. The highest BCUT2D eigenvalue weighted by atomic mass is 35.5. The van der Waals surface area contributed by atoms with E-state index in [0.717, 1.165) is 17.1 Å². The molecule has 10 heteroatoms. The third kappa shape index (κ3) is 5.46. The van der Waals surface area contributed by atoms with Crippen molar-refractivity contribution in [3.8, 4) is 28.6 Å². The molecular formula is C22H25ClN4O4S. The van der Waals surface area contributed by atoms with E-state index in [4.69, 9.17) is 25.8 Å². The Balaban J connectivity index is 1.70. The van der Waals surface area contributed by atoms with Crippen LogP contribution in [-0.4, -0.2) is 47.3 Å². The highest BCUT2D eigenvalue weighted by molar-refractivity contribution is 7.99. The number of nitrogens with zero attached hydrogens (tertiary/aromatic N) is 3. The third-order valence-corrected chi connectivity index (χ3v) is 5.80. The maximum Gasteiger partial charge on any atom is 0.234 e. The van der Waals surface area contributed by atoms with Crippen LogP contribution in [0.5, 0.6) is 17.2 Å². The van der Waals surface area contributed by atoms with Crippen molar-refractivity contribution < 1.29 is 19.0 Å². The molecule has 0 radical (unpaired) electrons. The van der Waals surface area contributed by atoms with Gasteiger partial charge in [-0.2, -0.15) is 0 Å². The van der Waals surface area contributed by atoms with Gasteiger partial charge in [0.25, 0.3) is 0 Å². The number of thioether (sulfide) groups is 1. The molecule has 1 N–H and O–H groups in total. The molecule has 0 spiro atoms. The van der Waals surface area contributed by atoms with Crippen molar-refractivity contribution in [2.75, 3.05) is 31.9 Å². The maximum atomic E-state index is 12.6. The molecule has 1 amide bonds. The molecule has 0 saturated heterocycles. The van der Waals surface area contributed by atoms with E-state index >= 15 is 0 Å². The Morgan fingerprint density at radius 3 is 2.44 bits per heavy atom. The van der Waals surface area contributed by atoms with Gasteiger partial charge >= 0.3 is 0 Å². The maximum absolute atomic E-state index is 12.6. The molecule has 1 heterocycles. The average molecular weight is 477 g/mol. The van der Waals surface area contributed by atoms with E-state index in [-0.39, 0.29) is 11.7 Å². The van der Waals surface area contributed by atoms with E-state index in [2.05, 4.69) is 15.5 Å². The minimum Gasteiger partial charge on any atom is -0.495 e. The van der Waals surface area contributed by atoms with Crippen molar-refractivity contribution in [1.82, 2.24) is 14.8 Å². The summed E-state index contributed by atoms with van der Waals surface area (Å²) in [6.45, 7) is 5.24. The number of rotatable bonds is 10. The SMILES string of the molecule is CCOc1ccc(-c2nnc(SCC(=O)Nc3cc(OC)c(Cl)cc3OC)n2CC)cc1. The first-order valence-electron chi connectivity index (χ1n) is 10.0. The van der Waals surface area contributed by atoms with Gasteiger partial charge in [-0.3, -0.25) is 4.79 Å². The molecule has 170 valence electrons. The first-order chi connectivity index (χ1) is 15.5. The van der Waals surface area contributed by atoms with Crippen LogP contribution in [-0.2, 0) is 11.3 Å². The van der Waals surface area contributed by atoms with Crippen LogP contribution in [0.2, 0.25) is 5.02 Å². The Hall–Kier alpha value is -2.91. The van der Waals surface area contributed by atoms with Crippen molar-refractivity contribution >= 4 is 35.0 Å². The van der Waals surface area contributed by atoms with E-state index in [0.29, 0.717) is 40.5 Å². The van der Waals surface area contributed by atoms with Gasteiger partial charge < -0.3 is 24.1 Å². The molecule has 3 aromatic rings. The normalized spacial score (nSPS) is 10.7. The summed E-state index contributed by atoms with van der Waals surface area (Å²) in [6, 6.07) is 10.9. The number of benzene rings is 2. The summed E-state index contributed by atoms with van der Waals surface area (Å²) in [4.78, 5) is 12.6. The molecule has 8 nitrogen and oxygen atoms in total. The summed E-state index contributed by atoms with van der Waals surface area (Å²) in [6.07, 6.45) is 0. The van der Waals surface area contributed by atoms with Crippen LogP contribution in [0.3, 0.4) is 0 Å². The number of nitrogens with one attached hydrogen (secondary N) is 1. The van der Waals surface area contributed by atoms with Gasteiger partial charge in [0.1, 0.15) is 17.2 Å². The second-order valence-corrected chi connectivity index (χ2v) is 7.88. The lowest BCUT2D eigenvalue weighted by molar-refractivity contribution is -0.113. The fourth-order valence-corrected chi connectivity index (χ4v) is 4.07. The van der Waals surface area contributed by atoms with Crippen LogP contribution in [0.4, 0.5) is 5.69 Å². The second-order valence-electron chi connectivity index (χ2n) is 6.53. The Bertz CT molecular complexity index is 1070. The molecule has 0 unspecified atom stereocenters. The number of halogens is 1. The van der Waals surface area contributed by atoms with Crippen molar-refractivity contribution in [3.05, 3.63) is 41.4 Å². The van der Waals surface area contributed by atoms with Crippen LogP contribution < -0.4 is 19.5 Å². The van der Waals surface area contributed by atoms with Gasteiger partial charge in [0.15, 0.2) is 11.0 Å². The Labute approximate surface area is 196 Å². The summed E-state index contributed by atoms with van der Waals surface area (Å²) < 4.78 is 18.0. The summed E-state index contributed by atoms with van der Waals surface area (Å²) in [5, 5.41) is 12.5. The highest BCUT2D eigenvalue weighted by Crippen LogP contribution is 2.36. The number of methoxy groups -OCH3 is 2. The minimum atomic E-state index is -0.217.